The van der Waals surface area contributed by atoms with Crippen LogP contribution >= 0.6 is 0 Å². The average Bonchev–Trinajstić information content (AvgIpc) is 3.02. The predicted molar refractivity (Wildman–Crippen MR) is 159 cm³/mol. The van der Waals surface area contributed by atoms with Gasteiger partial charge < -0.3 is 28.7 Å². The van der Waals surface area contributed by atoms with E-state index in [1.807, 2.05) is 23.1 Å². The van der Waals surface area contributed by atoms with Gasteiger partial charge in [-0.1, -0.05) is 24.6 Å². The molecular formula is C32H41N3O6. The van der Waals surface area contributed by atoms with Crippen molar-refractivity contribution in [3.05, 3.63) is 58.5 Å². The summed E-state index contributed by atoms with van der Waals surface area (Å²) in [4.78, 5) is 32.7. The highest BCUT2D eigenvalue weighted by Crippen LogP contribution is 2.39. The lowest BCUT2D eigenvalue weighted by molar-refractivity contribution is 0.0316. The van der Waals surface area contributed by atoms with E-state index in [2.05, 4.69) is 4.90 Å². The fourth-order valence-electron chi connectivity index (χ4n) is 6.58. The maximum absolute atomic E-state index is 14.4. The number of nitrogens with zero attached hydrogens (tertiary/aromatic N) is 3. The molecule has 0 spiro atoms. The molecule has 5 rings (SSSR count). The van der Waals surface area contributed by atoms with Crippen molar-refractivity contribution in [3.63, 3.8) is 0 Å². The zero-order valence-corrected chi connectivity index (χ0v) is 24.6. The molecule has 2 fully saturated rings. The molecule has 2 unspecified atom stereocenters. The van der Waals surface area contributed by atoms with Crippen LogP contribution in [0, 0.1) is 5.92 Å². The lowest BCUT2D eigenvalue weighted by Crippen LogP contribution is -2.52. The monoisotopic (exact) mass is 563 g/mol. The highest BCUT2D eigenvalue weighted by atomic mass is 16.5. The first kappa shape index (κ1) is 29.0. The quantitative estimate of drug-likeness (QED) is 0.362. The van der Waals surface area contributed by atoms with E-state index in [-0.39, 0.29) is 11.5 Å². The maximum atomic E-state index is 14.4. The normalized spacial score (nSPS) is 19.0. The van der Waals surface area contributed by atoms with Crippen LogP contribution in [0.5, 0.6) is 17.2 Å². The number of hydrogen-bond donors (Lipinski definition) is 0. The Hall–Kier alpha value is -3.56. The molecule has 2 saturated heterocycles. The van der Waals surface area contributed by atoms with Gasteiger partial charge in [-0.15, -0.1) is 0 Å². The number of fused-ring (bicyclic) bond motifs is 2. The van der Waals surface area contributed by atoms with Gasteiger partial charge in [-0.25, -0.2) is 0 Å². The Balaban J connectivity index is 1.59. The SMILES string of the molecule is COCCN(CC1CCCN2CCCCC12)C(=O)c1cn(-c2cc(OC)c(OC)c(OC)c2)c(=O)c2ccccc12. The van der Waals surface area contributed by atoms with Crippen molar-refractivity contribution < 1.29 is 23.7 Å². The molecule has 2 atom stereocenters. The van der Waals surface area contributed by atoms with Crippen molar-refractivity contribution in [1.82, 2.24) is 14.4 Å². The molecular weight excluding hydrogens is 522 g/mol. The molecule has 0 radical (unpaired) electrons. The first-order valence-corrected chi connectivity index (χ1v) is 14.5. The predicted octanol–water partition coefficient (Wildman–Crippen LogP) is 4.37. The Morgan fingerprint density at radius 2 is 1.63 bits per heavy atom. The Kier molecular flexibility index (Phi) is 9.15. The molecule has 2 aromatic carbocycles. The van der Waals surface area contributed by atoms with E-state index in [1.165, 1.54) is 45.2 Å². The number of methoxy groups -OCH3 is 4. The number of amides is 1. The highest BCUT2D eigenvalue weighted by Gasteiger charge is 2.35. The summed E-state index contributed by atoms with van der Waals surface area (Å²) in [5.74, 6) is 1.58. The van der Waals surface area contributed by atoms with E-state index in [0.717, 1.165) is 25.9 Å². The van der Waals surface area contributed by atoms with Crippen molar-refractivity contribution in [2.45, 2.75) is 38.1 Å². The lowest BCUT2D eigenvalue weighted by Gasteiger charge is -2.45. The molecule has 1 amide bonds. The van der Waals surface area contributed by atoms with Crippen molar-refractivity contribution in [2.75, 3.05) is 61.2 Å². The average molecular weight is 564 g/mol. The second-order valence-electron chi connectivity index (χ2n) is 10.9. The summed E-state index contributed by atoms with van der Waals surface area (Å²) in [6.45, 7) is 3.89. The molecule has 2 aliphatic heterocycles. The molecule has 9 nitrogen and oxygen atoms in total. The summed E-state index contributed by atoms with van der Waals surface area (Å²) in [7, 11) is 6.26. The van der Waals surface area contributed by atoms with E-state index in [4.69, 9.17) is 18.9 Å². The third-order valence-electron chi connectivity index (χ3n) is 8.62. The number of ether oxygens (including phenoxy) is 4. The first-order valence-electron chi connectivity index (χ1n) is 14.5. The maximum Gasteiger partial charge on any atom is 0.263 e. The molecule has 9 heteroatoms. The van der Waals surface area contributed by atoms with E-state index in [0.29, 0.717) is 70.9 Å². The van der Waals surface area contributed by atoms with Gasteiger partial charge >= 0.3 is 0 Å². The number of piperidine rings is 2. The lowest BCUT2D eigenvalue weighted by atomic mass is 9.83. The summed E-state index contributed by atoms with van der Waals surface area (Å²) in [5, 5.41) is 1.10. The topological polar surface area (TPSA) is 82.5 Å². The van der Waals surface area contributed by atoms with Crippen LogP contribution in [0.15, 0.2) is 47.4 Å². The minimum Gasteiger partial charge on any atom is -0.493 e. The Morgan fingerprint density at radius 1 is 0.927 bits per heavy atom. The van der Waals surface area contributed by atoms with Crippen molar-refractivity contribution >= 4 is 16.7 Å². The van der Waals surface area contributed by atoms with Gasteiger partial charge in [0.2, 0.25) is 5.75 Å². The van der Waals surface area contributed by atoms with Crippen LogP contribution in [0.25, 0.3) is 16.5 Å². The summed E-state index contributed by atoms with van der Waals surface area (Å²) in [6, 6.07) is 11.2. The molecule has 0 bridgehead atoms. The molecule has 3 aromatic rings. The van der Waals surface area contributed by atoms with Gasteiger partial charge in [0.05, 0.1) is 39.2 Å². The molecule has 0 saturated carbocycles. The number of aromatic nitrogens is 1. The zero-order chi connectivity index (χ0) is 28.9. The van der Waals surface area contributed by atoms with Gasteiger partial charge in [0, 0.05) is 55.3 Å². The molecule has 0 N–H and O–H groups in total. The molecule has 41 heavy (non-hydrogen) atoms. The molecule has 3 heterocycles. The Morgan fingerprint density at radius 3 is 2.32 bits per heavy atom. The van der Waals surface area contributed by atoms with Crippen molar-refractivity contribution in [3.8, 4) is 22.9 Å². The van der Waals surface area contributed by atoms with Crippen molar-refractivity contribution in [1.29, 1.82) is 0 Å². The minimum absolute atomic E-state index is 0.104. The van der Waals surface area contributed by atoms with Crippen LogP contribution in [-0.4, -0.2) is 87.5 Å². The number of carbonyl (C=O) groups excluding carboxylic acids is 1. The van der Waals surface area contributed by atoms with Gasteiger partial charge in [0.1, 0.15) is 0 Å². The van der Waals surface area contributed by atoms with Crippen LogP contribution in [0.2, 0.25) is 0 Å². The summed E-state index contributed by atoms with van der Waals surface area (Å²) < 4.78 is 23.5. The van der Waals surface area contributed by atoms with E-state index >= 15 is 0 Å². The van der Waals surface area contributed by atoms with Crippen LogP contribution in [-0.2, 0) is 4.74 Å². The van der Waals surface area contributed by atoms with Crippen LogP contribution in [0.3, 0.4) is 0 Å². The number of carbonyl (C=O) groups is 1. The number of pyridine rings is 1. The Bertz CT molecular complexity index is 1410. The van der Waals surface area contributed by atoms with Gasteiger partial charge in [-0.2, -0.15) is 0 Å². The van der Waals surface area contributed by atoms with Crippen molar-refractivity contribution in [2.24, 2.45) is 5.92 Å². The number of hydrogen-bond acceptors (Lipinski definition) is 7. The third kappa shape index (κ3) is 5.78. The van der Waals surface area contributed by atoms with E-state index in [9.17, 15) is 9.59 Å². The largest absolute Gasteiger partial charge is 0.493 e. The fraction of sp³-hybridized carbons (Fsp3) is 0.500. The highest BCUT2D eigenvalue weighted by molar-refractivity contribution is 6.06. The molecule has 2 aliphatic rings. The van der Waals surface area contributed by atoms with Gasteiger partial charge in [0.15, 0.2) is 11.5 Å². The molecule has 0 aliphatic carbocycles. The van der Waals surface area contributed by atoms with E-state index < -0.39 is 0 Å². The van der Waals surface area contributed by atoms with Gasteiger partial charge in [-0.05, 0) is 50.8 Å². The molecule has 220 valence electrons. The smallest absolute Gasteiger partial charge is 0.263 e. The third-order valence-corrected chi connectivity index (χ3v) is 8.62. The second kappa shape index (κ2) is 13.0. The minimum atomic E-state index is -0.236. The van der Waals surface area contributed by atoms with E-state index in [1.54, 1.807) is 31.5 Å². The van der Waals surface area contributed by atoms with Gasteiger partial charge in [0.25, 0.3) is 11.5 Å². The first-order chi connectivity index (χ1) is 20.0. The zero-order valence-electron chi connectivity index (χ0n) is 24.6. The van der Waals surface area contributed by atoms with Gasteiger partial charge in [-0.3, -0.25) is 14.2 Å². The summed E-state index contributed by atoms with van der Waals surface area (Å²) >= 11 is 0. The van der Waals surface area contributed by atoms with Crippen LogP contribution < -0.4 is 19.8 Å². The summed E-state index contributed by atoms with van der Waals surface area (Å²) in [6.07, 6.45) is 7.61. The number of rotatable bonds is 10. The Labute approximate surface area is 241 Å². The standard InChI is InChI=1S/C32H41N3O6/c1-38-17-16-34(20-22-10-9-15-33-14-8-7-13-27(22)33)31(36)26-21-35(32(37)25-12-6-5-11-24(25)26)23-18-28(39-2)30(41-4)29(19-23)40-3/h5-6,11-12,18-19,21-22,27H,7-10,13-17,20H2,1-4H3. The fourth-order valence-corrected chi connectivity index (χ4v) is 6.58. The second-order valence-corrected chi connectivity index (χ2v) is 10.9. The molecule has 1 aromatic heterocycles. The number of benzene rings is 2. The summed E-state index contributed by atoms with van der Waals surface area (Å²) in [5.41, 5.74) is 0.749. The van der Waals surface area contributed by atoms with Crippen LogP contribution in [0.1, 0.15) is 42.5 Å². The van der Waals surface area contributed by atoms with Crippen LogP contribution in [0.4, 0.5) is 0 Å².